The second kappa shape index (κ2) is 5.90. The molecule has 1 amide bonds. The van der Waals surface area contributed by atoms with Gasteiger partial charge in [-0.3, -0.25) is 4.79 Å². The van der Waals surface area contributed by atoms with Crippen LogP contribution in [0.5, 0.6) is 0 Å². The van der Waals surface area contributed by atoms with Gasteiger partial charge in [0.15, 0.2) is 0 Å². The van der Waals surface area contributed by atoms with E-state index in [0.717, 1.165) is 24.9 Å². The number of aliphatic hydroxyl groups is 1. The summed E-state index contributed by atoms with van der Waals surface area (Å²) < 4.78 is 0. The van der Waals surface area contributed by atoms with Crippen LogP contribution in [0.15, 0.2) is 24.3 Å². The summed E-state index contributed by atoms with van der Waals surface area (Å²) in [5.74, 6) is 2.52. The molecule has 2 rings (SSSR count). The van der Waals surface area contributed by atoms with Crippen LogP contribution in [-0.2, 0) is 0 Å². The van der Waals surface area contributed by atoms with Crippen LogP contribution in [0, 0.1) is 12.3 Å². The van der Waals surface area contributed by atoms with E-state index < -0.39 is 6.10 Å². The first-order valence-corrected chi connectivity index (χ1v) is 6.73. The topological polar surface area (TPSA) is 40.5 Å². The van der Waals surface area contributed by atoms with Crippen LogP contribution in [0.1, 0.15) is 42.1 Å². The summed E-state index contributed by atoms with van der Waals surface area (Å²) in [4.78, 5) is 14.2. The van der Waals surface area contributed by atoms with E-state index in [1.807, 2.05) is 6.92 Å². The molecule has 0 radical (unpaired) electrons. The van der Waals surface area contributed by atoms with Crippen molar-refractivity contribution in [2.75, 3.05) is 6.54 Å². The van der Waals surface area contributed by atoms with Gasteiger partial charge in [-0.05, 0) is 43.5 Å². The van der Waals surface area contributed by atoms with Gasteiger partial charge >= 0.3 is 0 Å². The Labute approximate surface area is 114 Å². The molecule has 100 valence electrons. The van der Waals surface area contributed by atoms with Crippen molar-refractivity contribution >= 4 is 5.91 Å². The number of hydrogen-bond donors (Lipinski definition) is 1. The number of benzene rings is 1. The number of carbonyl (C=O) groups excluding carboxylic acids is 1. The molecule has 2 atom stereocenters. The summed E-state index contributed by atoms with van der Waals surface area (Å²) in [5.41, 5.74) is 1.40. The predicted molar refractivity (Wildman–Crippen MR) is 74.7 cm³/mol. The number of rotatable bonds is 3. The summed E-state index contributed by atoms with van der Waals surface area (Å²) in [7, 11) is 0. The van der Waals surface area contributed by atoms with Crippen molar-refractivity contribution in [3.05, 3.63) is 35.4 Å². The Morgan fingerprint density at radius 3 is 2.79 bits per heavy atom. The maximum atomic E-state index is 12.4. The number of aliphatic hydroxyl groups excluding tert-OH is 1. The van der Waals surface area contributed by atoms with Gasteiger partial charge in [0.05, 0.1) is 12.1 Å². The van der Waals surface area contributed by atoms with Crippen LogP contribution >= 0.6 is 0 Å². The molecule has 0 bridgehead atoms. The minimum Gasteiger partial charge on any atom is -0.391 e. The molecule has 1 unspecified atom stereocenters. The average molecular weight is 257 g/mol. The highest BCUT2D eigenvalue weighted by atomic mass is 16.3. The minimum absolute atomic E-state index is 0.0152. The van der Waals surface area contributed by atoms with Gasteiger partial charge in [0.25, 0.3) is 5.91 Å². The second-order valence-electron chi connectivity index (χ2n) is 4.91. The lowest BCUT2D eigenvalue weighted by molar-refractivity contribution is 0.0479. The summed E-state index contributed by atoms with van der Waals surface area (Å²) in [6.45, 7) is 2.66. The lowest BCUT2D eigenvalue weighted by atomic mass is 10.1. The first-order chi connectivity index (χ1) is 9.17. The van der Waals surface area contributed by atoms with Crippen LogP contribution in [0.4, 0.5) is 0 Å². The molecular formula is C16H19NO2. The number of likely N-dealkylation sites (tertiary alicyclic amines) is 1. The maximum Gasteiger partial charge on any atom is 0.254 e. The van der Waals surface area contributed by atoms with E-state index in [1.165, 1.54) is 0 Å². The Kier molecular flexibility index (Phi) is 4.24. The average Bonchev–Trinajstić information content (AvgIpc) is 2.95. The van der Waals surface area contributed by atoms with E-state index in [4.69, 9.17) is 6.42 Å². The molecule has 1 fully saturated rings. The quantitative estimate of drug-likeness (QED) is 0.842. The normalized spacial score (nSPS) is 20.1. The molecular weight excluding hydrogens is 238 g/mol. The van der Waals surface area contributed by atoms with E-state index >= 15 is 0 Å². The van der Waals surface area contributed by atoms with Crippen molar-refractivity contribution < 1.29 is 9.90 Å². The highest BCUT2D eigenvalue weighted by Gasteiger charge is 2.33. The number of terminal acetylenes is 1. The van der Waals surface area contributed by atoms with Gasteiger partial charge in [0.1, 0.15) is 0 Å². The zero-order chi connectivity index (χ0) is 13.8. The molecule has 0 saturated carbocycles. The van der Waals surface area contributed by atoms with Gasteiger partial charge in [-0.15, -0.1) is 6.42 Å². The maximum absolute atomic E-state index is 12.4. The van der Waals surface area contributed by atoms with Gasteiger partial charge in [0.2, 0.25) is 0 Å². The third kappa shape index (κ3) is 2.80. The van der Waals surface area contributed by atoms with Crippen LogP contribution in [0.3, 0.4) is 0 Å². The van der Waals surface area contributed by atoms with E-state index in [2.05, 4.69) is 5.92 Å². The smallest absolute Gasteiger partial charge is 0.254 e. The molecule has 3 heteroatoms. The number of amides is 1. The van der Waals surface area contributed by atoms with Gasteiger partial charge in [0, 0.05) is 17.7 Å². The third-order valence-electron chi connectivity index (χ3n) is 3.72. The SMILES string of the molecule is C#Cc1ccc(C(=O)N2CCC[C@@H]2C(O)CC)cc1. The number of nitrogens with zero attached hydrogens (tertiary/aromatic N) is 1. The Bertz CT molecular complexity index is 486. The second-order valence-corrected chi connectivity index (χ2v) is 4.91. The van der Waals surface area contributed by atoms with Crippen molar-refractivity contribution in [3.8, 4) is 12.3 Å². The Hall–Kier alpha value is -1.79. The number of carbonyl (C=O) groups is 1. The van der Waals surface area contributed by atoms with Crippen LogP contribution in [0.2, 0.25) is 0 Å². The molecule has 1 aromatic rings. The highest BCUT2D eigenvalue weighted by Crippen LogP contribution is 2.24. The van der Waals surface area contributed by atoms with Crippen LogP contribution < -0.4 is 0 Å². The van der Waals surface area contributed by atoms with Crippen LogP contribution in [-0.4, -0.2) is 34.6 Å². The van der Waals surface area contributed by atoms with Crippen molar-refractivity contribution in [2.24, 2.45) is 0 Å². The molecule has 3 nitrogen and oxygen atoms in total. The molecule has 1 heterocycles. The third-order valence-corrected chi connectivity index (χ3v) is 3.72. The Balaban J connectivity index is 2.16. The van der Waals surface area contributed by atoms with Crippen molar-refractivity contribution in [1.29, 1.82) is 0 Å². The molecule has 1 aliphatic rings. The fraction of sp³-hybridized carbons (Fsp3) is 0.438. The molecule has 0 aliphatic carbocycles. The fourth-order valence-electron chi connectivity index (χ4n) is 2.59. The van der Waals surface area contributed by atoms with E-state index in [1.54, 1.807) is 29.2 Å². The summed E-state index contributed by atoms with van der Waals surface area (Å²) >= 11 is 0. The fourth-order valence-corrected chi connectivity index (χ4v) is 2.59. The molecule has 1 aliphatic heterocycles. The molecule has 0 aromatic heterocycles. The van der Waals surface area contributed by atoms with Crippen LogP contribution in [0.25, 0.3) is 0 Å². The molecule has 1 saturated heterocycles. The van der Waals surface area contributed by atoms with Crippen molar-refractivity contribution in [2.45, 2.75) is 38.3 Å². The minimum atomic E-state index is -0.434. The van der Waals surface area contributed by atoms with Gasteiger partial charge in [-0.25, -0.2) is 0 Å². The standard InChI is InChI=1S/C16H19NO2/c1-3-12-7-9-13(10-8-12)16(19)17-11-5-6-14(17)15(18)4-2/h1,7-10,14-15,18H,4-6,11H2,2H3/t14-,15?/m1/s1. The molecule has 1 N–H and O–H groups in total. The molecule has 0 spiro atoms. The summed E-state index contributed by atoms with van der Waals surface area (Å²) in [5, 5.41) is 9.99. The van der Waals surface area contributed by atoms with Gasteiger partial charge < -0.3 is 10.0 Å². The van der Waals surface area contributed by atoms with Crippen molar-refractivity contribution in [1.82, 2.24) is 4.90 Å². The zero-order valence-electron chi connectivity index (χ0n) is 11.2. The summed E-state index contributed by atoms with van der Waals surface area (Å²) in [6.07, 6.45) is 7.37. The Morgan fingerprint density at radius 1 is 1.53 bits per heavy atom. The van der Waals surface area contributed by atoms with E-state index in [-0.39, 0.29) is 11.9 Å². The molecule has 19 heavy (non-hydrogen) atoms. The van der Waals surface area contributed by atoms with E-state index in [9.17, 15) is 9.90 Å². The monoisotopic (exact) mass is 257 g/mol. The number of hydrogen-bond acceptors (Lipinski definition) is 2. The first kappa shape index (κ1) is 13.6. The largest absolute Gasteiger partial charge is 0.391 e. The van der Waals surface area contributed by atoms with Gasteiger partial charge in [-0.1, -0.05) is 12.8 Å². The lowest BCUT2D eigenvalue weighted by Crippen LogP contribution is -2.42. The van der Waals surface area contributed by atoms with Crippen molar-refractivity contribution in [3.63, 3.8) is 0 Å². The summed E-state index contributed by atoms with van der Waals surface area (Å²) in [6, 6.07) is 7.00. The van der Waals surface area contributed by atoms with E-state index in [0.29, 0.717) is 12.0 Å². The highest BCUT2D eigenvalue weighted by molar-refractivity contribution is 5.94. The predicted octanol–water partition coefficient (Wildman–Crippen LogP) is 2.04. The van der Waals surface area contributed by atoms with Gasteiger partial charge in [-0.2, -0.15) is 0 Å². The lowest BCUT2D eigenvalue weighted by Gasteiger charge is -2.28. The Morgan fingerprint density at radius 2 is 2.21 bits per heavy atom. The zero-order valence-corrected chi connectivity index (χ0v) is 11.2. The first-order valence-electron chi connectivity index (χ1n) is 6.73. The molecule has 1 aromatic carbocycles.